The summed E-state index contributed by atoms with van der Waals surface area (Å²) in [7, 11) is 1.41. The molecule has 1 aliphatic rings. The van der Waals surface area contributed by atoms with Gasteiger partial charge in [0, 0.05) is 32.2 Å². The van der Waals surface area contributed by atoms with E-state index >= 15 is 0 Å². The molecule has 0 aliphatic carbocycles. The van der Waals surface area contributed by atoms with Gasteiger partial charge in [-0.25, -0.2) is 4.39 Å². The number of hydrogen-bond donors (Lipinski definition) is 2. The van der Waals surface area contributed by atoms with Gasteiger partial charge < -0.3 is 15.4 Å². The number of halogens is 1. The maximum absolute atomic E-state index is 13.1. The Morgan fingerprint density at radius 2 is 1.81 bits per heavy atom. The van der Waals surface area contributed by atoms with Gasteiger partial charge in [0.15, 0.2) is 0 Å². The van der Waals surface area contributed by atoms with Gasteiger partial charge in [0.1, 0.15) is 5.82 Å². The van der Waals surface area contributed by atoms with Crippen molar-refractivity contribution >= 4 is 11.8 Å². The normalized spacial score (nSPS) is 17.0. The Morgan fingerprint density at radius 1 is 1.19 bits per heavy atom. The lowest BCUT2D eigenvalue weighted by Crippen LogP contribution is -2.48. The quantitative estimate of drug-likeness (QED) is 0.808. The lowest BCUT2D eigenvalue weighted by Gasteiger charge is -2.37. The molecular formula is C15H19FN2O3. The van der Waals surface area contributed by atoms with Crippen molar-refractivity contribution in [2.45, 2.75) is 18.3 Å². The Hall–Kier alpha value is -1.95. The highest BCUT2D eigenvalue weighted by molar-refractivity contribution is 6.35. The molecule has 0 radical (unpaired) electrons. The summed E-state index contributed by atoms with van der Waals surface area (Å²) in [6.07, 6.45) is 1.43. The molecule has 114 valence electrons. The molecule has 2 amide bonds. The second-order valence-corrected chi connectivity index (χ2v) is 5.16. The first-order chi connectivity index (χ1) is 10.1. The van der Waals surface area contributed by atoms with Gasteiger partial charge in [-0.1, -0.05) is 12.1 Å². The van der Waals surface area contributed by atoms with Crippen molar-refractivity contribution in [3.8, 4) is 0 Å². The minimum atomic E-state index is -0.670. The smallest absolute Gasteiger partial charge is 0.309 e. The molecule has 0 bridgehead atoms. The van der Waals surface area contributed by atoms with Crippen LogP contribution in [-0.2, 0) is 19.7 Å². The predicted molar refractivity (Wildman–Crippen MR) is 75.2 cm³/mol. The minimum Gasteiger partial charge on any atom is -0.381 e. The van der Waals surface area contributed by atoms with Crippen LogP contribution in [0.15, 0.2) is 24.3 Å². The van der Waals surface area contributed by atoms with Gasteiger partial charge >= 0.3 is 11.8 Å². The van der Waals surface area contributed by atoms with E-state index in [1.165, 1.54) is 19.2 Å². The van der Waals surface area contributed by atoms with Crippen molar-refractivity contribution in [3.05, 3.63) is 35.6 Å². The fraction of sp³-hybridized carbons (Fsp3) is 0.467. The van der Waals surface area contributed by atoms with E-state index in [4.69, 9.17) is 4.74 Å². The third kappa shape index (κ3) is 3.58. The first-order valence-electron chi connectivity index (χ1n) is 6.91. The van der Waals surface area contributed by atoms with Crippen LogP contribution in [0, 0.1) is 5.82 Å². The Labute approximate surface area is 122 Å². The maximum Gasteiger partial charge on any atom is 0.309 e. The van der Waals surface area contributed by atoms with E-state index in [2.05, 4.69) is 10.6 Å². The molecule has 1 aliphatic heterocycles. The van der Waals surface area contributed by atoms with Crippen LogP contribution < -0.4 is 10.6 Å². The minimum absolute atomic E-state index is 0.296. The summed E-state index contributed by atoms with van der Waals surface area (Å²) in [4.78, 5) is 22.9. The third-order valence-electron chi connectivity index (χ3n) is 3.93. The van der Waals surface area contributed by atoms with Crippen molar-refractivity contribution in [1.82, 2.24) is 10.6 Å². The van der Waals surface area contributed by atoms with Gasteiger partial charge in [0.05, 0.1) is 0 Å². The van der Waals surface area contributed by atoms with Crippen molar-refractivity contribution in [2.24, 2.45) is 0 Å². The zero-order valence-corrected chi connectivity index (χ0v) is 11.9. The van der Waals surface area contributed by atoms with Gasteiger partial charge in [0.25, 0.3) is 0 Å². The zero-order chi connectivity index (χ0) is 15.3. The lowest BCUT2D eigenvalue weighted by atomic mass is 9.74. The number of rotatable bonds is 3. The fourth-order valence-corrected chi connectivity index (χ4v) is 2.58. The number of ether oxygens (including phenoxy) is 1. The van der Waals surface area contributed by atoms with E-state index < -0.39 is 11.8 Å². The fourth-order valence-electron chi connectivity index (χ4n) is 2.58. The number of amides is 2. The molecule has 1 heterocycles. The summed E-state index contributed by atoms with van der Waals surface area (Å²) in [6, 6.07) is 6.28. The molecule has 0 saturated carbocycles. The Morgan fingerprint density at radius 3 is 2.38 bits per heavy atom. The highest BCUT2D eigenvalue weighted by Crippen LogP contribution is 2.34. The van der Waals surface area contributed by atoms with Gasteiger partial charge in [-0.15, -0.1) is 0 Å². The number of carbonyl (C=O) groups excluding carboxylic acids is 2. The van der Waals surface area contributed by atoms with E-state index in [9.17, 15) is 14.0 Å². The summed E-state index contributed by atoms with van der Waals surface area (Å²) >= 11 is 0. The molecule has 6 heteroatoms. The number of nitrogens with one attached hydrogen (secondary N) is 2. The number of benzene rings is 1. The van der Waals surface area contributed by atoms with E-state index in [0.717, 1.165) is 5.56 Å². The summed E-state index contributed by atoms with van der Waals surface area (Å²) in [5.41, 5.74) is 0.625. The molecule has 0 atom stereocenters. The van der Waals surface area contributed by atoms with Crippen LogP contribution >= 0.6 is 0 Å². The standard InChI is InChI=1S/C15H19FN2O3/c1-17-13(19)14(20)18-10-15(6-8-21-9-7-15)11-2-4-12(16)5-3-11/h2-5H,6-10H2,1H3,(H,17,19)(H,18,20). The number of hydrogen-bond acceptors (Lipinski definition) is 3. The highest BCUT2D eigenvalue weighted by atomic mass is 19.1. The van der Waals surface area contributed by atoms with Gasteiger partial charge in [-0.3, -0.25) is 9.59 Å². The molecule has 21 heavy (non-hydrogen) atoms. The van der Waals surface area contributed by atoms with Crippen molar-refractivity contribution in [1.29, 1.82) is 0 Å². The predicted octanol–water partition coefficient (Wildman–Crippen LogP) is 0.736. The SMILES string of the molecule is CNC(=O)C(=O)NCC1(c2ccc(F)cc2)CCOCC1. The first kappa shape index (κ1) is 15.4. The van der Waals surface area contributed by atoms with E-state index in [1.54, 1.807) is 12.1 Å². The van der Waals surface area contributed by atoms with Crippen LogP contribution in [0.2, 0.25) is 0 Å². The van der Waals surface area contributed by atoms with Gasteiger partial charge in [0.2, 0.25) is 0 Å². The highest BCUT2D eigenvalue weighted by Gasteiger charge is 2.35. The molecule has 1 saturated heterocycles. The summed E-state index contributed by atoms with van der Waals surface area (Å²) < 4.78 is 18.5. The second-order valence-electron chi connectivity index (χ2n) is 5.16. The van der Waals surface area contributed by atoms with Crippen molar-refractivity contribution in [2.75, 3.05) is 26.8 Å². The summed E-state index contributed by atoms with van der Waals surface area (Å²) in [5, 5.41) is 4.94. The molecule has 0 spiro atoms. The molecule has 1 aromatic rings. The summed E-state index contributed by atoms with van der Waals surface area (Å²) in [6.45, 7) is 1.48. The molecule has 1 fully saturated rings. The molecule has 2 N–H and O–H groups in total. The van der Waals surface area contributed by atoms with Crippen molar-refractivity contribution in [3.63, 3.8) is 0 Å². The molecule has 0 unspecified atom stereocenters. The zero-order valence-electron chi connectivity index (χ0n) is 11.9. The van der Waals surface area contributed by atoms with Crippen LogP contribution in [0.3, 0.4) is 0 Å². The monoisotopic (exact) mass is 294 g/mol. The van der Waals surface area contributed by atoms with Crippen LogP contribution in [0.25, 0.3) is 0 Å². The average Bonchev–Trinajstić information content (AvgIpc) is 2.53. The number of likely N-dealkylation sites (N-methyl/N-ethyl adjacent to an activating group) is 1. The average molecular weight is 294 g/mol. The molecule has 1 aromatic carbocycles. The largest absolute Gasteiger partial charge is 0.381 e. The van der Waals surface area contributed by atoms with Crippen LogP contribution in [0.1, 0.15) is 18.4 Å². The lowest BCUT2D eigenvalue weighted by molar-refractivity contribution is -0.139. The maximum atomic E-state index is 13.1. The Kier molecular flexibility index (Phi) is 4.90. The van der Waals surface area contributed by atoms with E-state index in [1.807, 2.05) is 0 Å². The topological polar surface area (TPSA) is 67.4 Å². The van der Waals surface area contributed by atoms with E-state index in [0.29, 0.717) is 32.6 Å². The van der Waals surface area contributed by atoms with Crippen LogP contribution in [0.5, 0.6) is 0 Å². The van der Waals surface area contributed by atoms with Crippen molar-refractivity contribution < 1.29 is 18.7 Å². The third-order valence-corrected chi connectivity index (χ3v) is 3.93. The molecule has 5 nitrogen and oxygen atoms in total. The summed E-state index contributed by atoms with van der Waals surface area (Å²) in [5.74, 6) is -1.63. The second kappa shape index (κ2) is 6.67. The van der Waals surface area contributed by atoms with E-state index in [-0.39, 0.29) is 11.2 Å². The van der Waals surface area contributed by atoms with Gasteiger partial charge in [-0.2, -0.15) is 0 Å². The molecule has 0 aromatic heterocycles. The molecule has 2 rings (SSSR count). The first-order valence-corrected chi connectivity index (χ1v) is 6.91. The van der Waals surface area contributed by atoms with Crippen LogP contribution in [0.4, 0.5) is 4.39 Å². The number of carbonyl (C=O) groups is 2. The molecular weight excluding hydrogens is 275 g/mol. The van der Waals surface area contributed by atoms with Crippen LogP contribution in [-0.4, -0.2) is 38.6 Å². The van der Waals surface area contributed by atoms with Gasteiger partial charge in [-0.05, 0) is 30.5 Å². The Bertz CT molecular complexity index is 510. The Balaban J connectivity index is 2.15.